The molecular formula is C14H22N4O. The minimum atomic E-state index is 0.782. The molecule has 0 spiro atoms. The lowest BCUT2D eigenvalue weighted by molar-refractivity contribution is 0.412. The Balaban J connectivity index is 1.86. The molecule has 2 unspecified atom stereocenters. The average Bonchev–Trinajstić information content (AvgIpc) is 2.99. The van der Waals surface area contributed by atoms with Crippen LogP contribution in [0.2, 0.25) is 0 Å². The largest absolute Gasteiger partial charge is 0.490 e. The molecule has 1 aromatic rings. The molecule has 0 radical (unpaired) electrons. The number of rotatable bonds is 4. The molecule has 1 aliphatic carbocycles. The van der Waals surface area contributed by atoms with Gasteiger partial charge in [0.1, 0.15) is 6.33 Å². The summed E-state index contributed by atoms with van der Waals surface area (Å²) in [5.74, 6) is 4.23. The van der Waals surface area contributed by atoms with E-state index in [4.69, 9.17) is 4.74 Å². The molecule has 1 N–H and O–H groups in total. The third-order valence-corrected chi connectivity index (χ3v) is 4.36. The zero-order valence-corrected chi connectivity index (χ0v) is 11.7. The van der Waals surface area contributed by atoms with E-state index in [-0.39, 0.29) is 0 Å². The highest BCUT2D eigenvalue weighted by Crippen LogP contribution is 2.42. The minimum absolute atomic E-state index is 0.782. The molecular weight excluding hydrogens is 240 g/mol. The standard InChI is InChI=1S/C14H22N4O/c1-3-15-13-12(19-2)14(17-9-16-13)18-7-10-5-4-6-11(10)8-18/h9-11H,3-8H2,1-2H3,(H,15,16,17). The first-order chi connectivity index (χ1) is 9.33. The first kappa shape index (κ1) is 12.5. The van der Waals surface area contributed by atoms with E-state index in [9.17, 15) is 0 Å². The van der Waals surface area contributed by atoms with Crippen molar-refractivity contribution >= 4 is 11.6 Å². The summed E-state index contributed by atoms with van der Waals surface area (Å²) in [7, 11) is 1.69. The van der Waals surface area contributed by atoms with Crippen LogP contribution in [-0.2, 0) is 0 Å². The molecule has 2 atom stereocenters. The third-order valence-electron chi connectivity index (χ3n) is 4.36. The molecule has 0 bridgehead atoms. The van der Waals surface area contributed by atoms with Crippen molar-refractivity contribution in [3.63, 3.8) is 0 Å². The van der Waals surface area contributed by atoms with E-state index in [2.05, 4.69) is 27.1 Å². The first-order valence-electron chi connectivity index (χ1n) is 7.21. The van der Waals surface area contributed by atoms with Gasteiger partial charge in [0.05, 0.1) is 7.11 Å². The van der Waals surface area contributed by atoms with Gasteiger partial charge in [0.15, 0.2) is 11.6 Å². The normalized spacial score (nSPS) is 25.5. The zero-order chi connectivity index (χ0) is 13.2. The SMILES string of the molecule is CCNc1ncnc(N2CC3CCCC3C2)c1OC. The predicted molar refractivity (Wildman–Crippen MR) is 75.8 cm³/mol. The van der Waals surface area contributed by atoms with Crippen LogP contribution in [-0.4, -0.2) is 36.7 Å². The molecule has 2 fully saturated rings. The Morgan fingerprint density at radius 1 is 1.32 bits per heavy atom. The van der Waals surface area contributed by atoms with Gasteiger partial charge in [-0.15, -0.1) is 0 Å². The van der Waals surface area contributed by atoms with Crippen LogP contribution in [0.3, 0.4) is 0 Å². The summed E-state index contributed by atoms with van der Waals surface area (Å²) >= 11 is 0. The summed E-state index contributed by atoms with van der Waals surface area (Å²) in [6, 6.07) is 0. The van der Waals surface area contributed by atoms with Crippen LogP contribution in [0, 0.1) is 11.8 Å². The van der Waals surface area contributed by atoms with E-state index in [1.54, 1.807) is 13.4 Å². The van der Waals surface area contributed by atoms with Gasteiger partial charge in [0.25, 0.3) is 0 Å². The Kier molecular flexibility index (Phi) is 3.44. The third kappa shape index (κ3) is 2.22. The van der Waals surface area contributed by atoms with Crippen molar-refractivity contribution in [1.29, 1.82) is 0 Å². The summed E-state index contributed by atoms with van der Waals surface area (Å²) < 4.78 is 5.53. The number of hydrogen-bond acceptors (Lipinski definition) is 5. The number of anilines is 2. The average molecular weight is 262 g/mol. The summed E-state index contributed by atoms with van der Waals surface area (Å²) in [5.41, 5.74) is 0. The zero-order valence-electron chi connectivity index (χ0n) is 11.7. The summed E-state index contributed by atoms with van der Waals surface area (Å²) in [6.07, 6.45) is 5.76. The Bertz CT molecular complexity index is 439. The van der Waals surface area contributed by atoms with Gasteiger partial charge < -0.3 is 15.0 Å². The number of nitrogens with zero attached hydrogens (tertiary/aromatic N) is 3. The molecule has 19 heavy (non-hydrogen) atoms. The number of hydrogen-bond donors (Lipinski definition) is 1. The van der Waals surface area contributed by atoms with Crippen molar-refractivity contribution in [3.8, 4) is 5.75 Å². The molecule has 2 aliphatic rings. The second-order valence-electron chi connectivity index (χ2n) is 5.47. The van der Waals surface area contributed by atoms with Crippen molar-refractivity contribution in [1.82, 2.24) is 9.97 Å². The van der Waals surface area contributed by atoms with Crippen LogP contribution in [0.4, 0.5) is 11.6 Å². The van der Waals surface area contributed by atoms with Gasteiger partial charge in [-0.25, -0.2) is 9.97 Å². The van der Waals surface area contributed by atoms with Gasteiger partial charge in [-0.05, 0) is 31.6 Å². The fourth-order valence-corrected chi connectivity index (χ4v) is 3.48. The maximum absolute atomic E-state index is 5.53. The summed E-state index contributed by atoms with van der Waals surface area (Å²) in [5, 5.41) is 3.24. The van der Waals surface area contributed by atoms with Crippen LogP contribution in [0.5, 0.6) is 5.75 Å². The monoisotopic (exact) mass is 262 g/mol. The van der Waals surface area contributed by atoms with Crippen LogP contribution in [0.15, 0.2) is 6.33 Å². The Morgan fingerprint density at radius 3 is 2.68 bits per heavy atom. The number of methoxy groups -OCH3 is 1. The second-order valence-corrected chi connectivity index (χ2v) is 5.47. The van der Waals surface area contributed by atoms with Crippen LogP contribution < -0.4 is 15.0 Å². The van der Waals surface area contributed by atoms with E-state index in [0.29, 0.717) is 0 Å². The lowest BCUT2D eigenvalue weighted by Gasteiger charge is -2.21. The van der Waals surface area contributed by atoms with E-state index in [0.717, 1.165) is 48.9 Å². The molecule has 2 heterocycles. The van der Waals surface area contributed by atoms with E-state index >= 15 is 0 Å². The second kappa shape index (κ2) is 5.23. The lowest BCUT2D eigenvalue weighted by Crippen LogP contribution is -2.23. The van der Waals surface area contributed by atoms with Gasteiger partial charge in [-0.1, -0.05) is 6.42 Å². The molecule has 5 heteroatoms. The van der Waals surface area contributed by atoms with E-state index < -0.39 is 0 Å². The number of nitrogens with one attached hydrogen (secondary N) is 1. The molecule has 3 rings (SSSR count). The Hall–Kier alpha value is -1.52. The molecule has 1 aromatic heterocycles. The van der Waals surface area contributed by atoms with Crippen molar-refractivity contribution in [2.75, 3.05) is 37.0 Å². The van der Waals surface area contributed by atoms with Gasteiger partial charge in [0, 0.05) is 19.6 Å². The van der Waals surface area contributed by atoms with Crippen molar-refractivity contribution in [2.24, 2.45) is 11.8 Å². The van der Waals surface area contributed by atoms with Crippen LogP contribution >= 0.6 is 0 Å². The highest BCUT2D eigenvalue weighted by Gasteiger charge is 2.37. The lowest BCUT2D eigenvalue weighted by atomic mass is 10.0. The predicted octanol–water partition coefficient (Wildman–Crippen LogP) is 2.15. The highest BCUT2D eigenvalue weighted by atomic mass is 16.5. The van der Waals surface area contributed by atoms with E-state index in [1.807, 2.05) is 0 Å². The molecule has 1 saturated heterocycles. The number of ether oxygens (including phenoxy) is 1. The molecule has 0 amide bonds. The first-order valence-corrected chi connectivity index (χ1v) is 7.21. The minimum Gasteiger partial charge on any atom is -0.490 e. The molecule has 5 nitrogen and oxygen atoms in total. The fourth-order valence-electron chi connectivity index (χ4n) is 3.48. The van der Waals surface area contributed by atoms with Crippen LogP contribution in [0.1, 0.15) is 26.2 Å². The molecule has 104 valence electrons. The maximum Gasteiger partial charge on any atom is 0.204 e. The number of aromatic nitrogens is 2. The van der Waals surface area contributed by atoms with Gasteiger partial charge >= 0.3 is 0 Å². The highest BCUT2D eigenvalue weighted by molar-refractivity contribution is 5.65. The smallest absolute Gasteiger partial charge is 0.204 e. The molecule has 1 aliphatic heterocycles. The quantitative estimate of drug-likeness (QED) is 0.901. The van der Waals surface area contributed by atoms with E-state index in [1.165, 1.54) is 19.3 Å². The fraction of sp³-hybridized carbons (Fsp3) is 0.714. The van der Waals surface area contributed by atoms with Gasteiger partial charge in [-0.3, -0.25) is 0 Å². The maximum atomic E-state index is 5.53. The molecule has 0 aromatic carbocycles. The van der Waals surface area contributed by atoms with Crippen molar-refractivity contribution in [3.05, 3.63) is 6.33 Å². The summed E-state index contributed by atoms with van der Waals surface area (Å²) in [6.45, 7) is 5.12. The number of fused-ring (bicyclic) bond motifs is 1. The summed E-state index contributed by atoms with van der Waals surface area (Å²) in [4.78, 5) is 11.1. The van der Waals surface area contributed by atoms with Gasteiger partial charge in [-0.2, -0.15) is 0 Å². The van der Waals surface area contributed by atoms with Crippen LogP contribution in [0.25, 0.3) is 0 Å². The Labute approximate surface area is 114 Å². The Morgan fingerprint density at radius 2 is 2.05 bits per heavy atom. The van der Waals surface area contributed by atoms with Crippen molar-refractivity contribution < 1.29 is 4.74 Å². The van der Waals surface area contributed by atoms with Gasteiger partial charge in [0.2, 0.25) is 5.75 Å². The topological polar surface area (TPSA) is 50.3 Å². The van der Waals surface area contributed by atoms with Crippen molar-refractivity contribution in [2.45, 2.75) is 26.2 Å². The molecule has 1 saturated carbocycles.